The first-order valence-corrected chi connectivity index (χ1v) is 12.1. The van der Waals surface area contributed by atoms with Crippen molar-refractivity contribution >= 4 is 0 Å². The van der Waals surface area contributed by atoms with E-state index in [0.717, 1.165) is 42.9 Å². The number of allylic oxidation sites excluding steroid dienone is 4. The van der Waals surface area contributed by atoms with Crippen LogP contribution in [0.2, 0.25) is 0 Å². The second kappa shape index (κ2) is 9.33. The zero-order valence-electron chi connectivity index (χ0n) is 19.0. The summed E-state index contributed by atoms with van der Waals surface area (Å²) in [5.74, 6) is 3.37. The minimum atomic E-state index is -0.172. The first kappa shape index (κ1) is 21.9. The van der Waals surface area contributed by atoms with Gasteiger partial charge in [0.05, 0.1) is 6.10 Å². The lowest BCUT2D eigenvalue weighted by atomic mass is 9.60. The molecule has 1 N–H and O–H groups in total. The Labute approximate surface area is 174 Å². The maximum Gasteiger partial charge on any atom is 0.0583 e. The molecule has 1 heteroatoms. The fraction of sp³-hybridized carbons (Fsp3) is 0.778. The summed E-state index contributed by atoms with van der Waals surface area (Å²) in [6.45, 7) is 14.1. The van der Waals surface area contributed by atoms with Gasteiger partial charge in [0.2, 0.25) is 0 Å². The van der Waals surface area contributed by atoms with Crippen LogP contribution in [0, 0.1) is 29.1 Å². The topological polar surface area (TPSA) is 20.2 Å². The highest BCUT2D eigenvalue weighted by Crippen LogP contribution is 2.59. The van der Waals surface area contributed by atoms with Gasteiger partial charge in [-0.05, 0) is 86.0 Å². The van der Waals surface area contributed by atoms with Gasteiger partial charge in [-0.1, -0.05) is 76.8 Å². The zero-order valence-corrected chi connectivity index (χ0v) is 19.0. The molecule has 1 unspecified atom stereocenters. The number of hydrogen-bond donors (Lipinski definition) is 1. The van der Waals surface area contributed by atoms with Crippen LogP contribution in [-0.2, 0) is 0 Å². The van der Waals surface area contributed by atoms with Crippen LogP contribution in [0.5, 0.6) is 0 Å². The average Bonchev–Trinajstić information content (AvgIpc) is 2.99. The van der Waals surface area contributed by atoms with E-state index < -0.39 is 0 Å². The molecule has 0 radical (unpaired) electrons. The average molecular weight is 385 g/mol. The SMILES string of the molecule is C=C1CC[C@H](O)C/C1=C\C=C1/CCC[C@]2(C)[C@@H](C(C)CCCC(C)C)CC[C@@H]12. The monoisotopic (exact) mass is 384 g/mol. The van der Waals surface area contributed by atoms with E-state index in [4.69, 9.17) is 0 Å². The van der Waals surface area contributed by atoms with Crippen molar-refractivity contribution in [2.45, 2.75) is 104 Å². The third kappa shape index (κ3) is 4.84. The lowest BCUT2D eigenvalue weighted by Crippen LogP contribution is -2.36. The fourth-order valence-corrected chi connectivity index (χ4v) is 6.66. The number of aliphatic hydroxyl groups excluding tert-OH is 1. The van der Waals surface area contributed by atoms with Crippen molar-refractivity contribution in [2.24, 2.45) is 29.1 Å². The molecule has 1 nitrogen and oxygen atoms in total. The molecule has 0 amide bonds. The van der Waals surface area contributed by atoms with Gasteiger partial charge in [-0.2, -0.15) is 0 Å². The summed E-state index contributed by atoms with van der Waals surface area (Å²) < 4.78 is 0. The number of hydrogen-bond acceptors (Lipinski definition) is 1. The maximum atomic E-state index is 10.0. The van der Waals surface area contributed by atoms with Crippen LogP contribution >= 0.6 is 0 Å². The van der Waals surface area contributed by atoms with Gasteiger partial charge in [-0.3, -0.25) is 0 Å². The molecule has 0 spiro atoms. The second-order valence-electron chi connectivity index (χ2n) is 10.8. The Morgan fingerprint density at radius 2 is 1.89 bits per heavy atom. The van der Waals surface area contributed by atoms with Crippen molar-refractivity contribution in [3.8, 4) is 0 Å². The van der Waals surface area contributed by atoms with Gasteiger partial charge in [0.15, 0.2) is 0 Å². The van der Waals surface area contributed by atoms with Crippen LogP contribution in [0.25, 0.3) is 0 Å². The van der Waals surface area contributed by atoms with E-state index in [2.05, 4.69) is 46.4 Å². The largest absolute Gasteiger partial charge is 0.393 e. The molecule has 3 rings (SSSR count). The minimum Gasteiger partial charge on any atom is -0.393 e. The normalized spacial score (nSPS) is 37.6. The summed E-state index contributed by atoms with van der Waals surface area (Å²) >= 11 is 0. The van der Waals surface area contributed by atoms with E-state index >= 15 is 0 Å². The van der Waals surface area contributed by atoms with Crippen molar-refractivity contribution in [3.05, 3.63) is 35.5 Å². The van der Waals surface area contributed by atoms with E-state index in [-0.39, 0.29) is 6.10 Å². The second-order valence-corrected chi connectivity index (χ2v) is 10.8. The van der Waals surface area contributed by atoms with Crippen molar-refractivity contribution in [2.75, 3.05) is 0 Å². The summed E-state index contributed by atoms with van der Waals surface area (Å²) in [7, 11) is 0. The van der Waals surface area contributed by atoms with Crippen LogP contribution in [0.3, 0.4) is 0 Å². The van der Waals surface area contributed by atoms with Crippen molar-refractivity contribution in [3.63, 3.8) is 0 Å². The lowest BCUT2D eigenvalue weighted by molar-refractivity contribution is 0.0929. The van der Waals surface area contributed by atoms with E-state index in [0.29, 0.717) is 5.41 Å². The van der Waals surface area contributed by atoms with Crippen LogP contribution in [0.4, 0.5) is 0 Å². The molecule has 0 saturated heterocycles. The van der Waals surface area contributed by atoms with E-state index in [1.54, 1.807) is 5.57 Å². The van der Waals surface area contributed by atoms with Crippen LogP contribution in [-0.4, -0.2) is 11.2 Å². The zero-order chi connectivity index (χ0) is 20.3. The first-order chi connectivity index (χ1) is 13.3. The molecule has 158 valence electrons. The van der Waals surface area contributed by atoms with Gasteiger partial charge in [0.1, 0.15) is 0 Å². The molecule has 3 aliphatic rings. The summed E-state index contributed by atoms with van der Waals surface area (Å²) in [5.41, 5.74) is 4.72. The van der Waals surface area contributed by atoms with Crippen molar-refractivity contribution < 1.29 is 5.11 Å². The van der Waals surface area contributed by atoms with Crippen LogP contribution in [0.15, 0.2) is 35.5 Å². The molecule has 0 bridgehead atoms. The van der Waals surface area contributed by atoms with Gasteiger partial charge < -0.3 is 5.11 Å². The molecular weight excluding hydrogens is 340 g/mol. The Bertz CT molecular complexity index is 610. The minimum absolute atomic E-state index is 0.172. The third-order valence-electron chi connectivity index (χ3n) is 8.35. The molecule has 28 heavy (non-hydrogen) atoms. The van der Waals surface area contributed by atoms with Gasteiger partial charge in [-0.15, -0.1) is 0 Å². The van der Waals surface area contributed by atoms with Gasteiger partial charge >= 0.3 is 0 Å². The third-order valence-corrected chi connectivity index (χ3v) is 8.35. The van der Waals surface area contributed by atoms with Gasteiger partial charge in [0, 0.05) is 0 Å². The summed E-state index contributed by atoms with van der Waals surface area (Å²) in [5, 5.41) is 10.0. The Morgan fingerprint density at radius 3 is 2.64 bits per heavy atom. The maximum absolute atomic E-state index is 10.0. The first-order valence-electron chi connectivity index (χ1n) is 12.1. The van der Waals surface area contributed by atoms with E-state index in [1.165, 1.54) is 62.5 Å². The van der Waals surface area contributed by atoms with Crippen molar-refractivity contribution in [1.82, 2.24) is 0 Å². The smallest absolute Gasteiger partial charge is 0.0583 e. The predicted molar refractivity (Wildman–Crippen MR) is 121 cm³/mol. The molecule has 3 fully saturated rings. The molecule has 0 aromatic carbocycles. The number of aliphatic hydroxyl groups is 1. The molecule has 0 aliphatic heterocycles. The van der Waals surface area contributed by atoms with Crippen LogP contribution in [0.1, 0.15) is 98.3 Å². The van der Waals surface area contributed by atoms with E-state index in [9.17, 15) is 5.11 Å². The van der Waals surface area contributed by atoms with Crippen molar-refractivity contribution in [1.29, 1.82) is 0 Å². The summed E-state index contributed by atoms with van der Waals surface area (Å²) in [6.07, 6.45) is 18.2. The lowest BCUT2D eigenvalue weighted by Gasteiger charge is -2.44. The van der Waals surface area contributed by atoms with Gasteiger partial charge in [-0.25, -0.2) is 0 Å². The quantitative estimate of drug-likeness (QED) is 0.499. The highest BCUT2D eigenvalue weighted by Gasteiger charge is 2.50. The highest BCUT2D eigenvalue weighted by atomic mass is 16.3. The Morgan fingerprint density at radius 1 is 1.11 bits per heavy atom. The molecular formula is C27H44O. The Balaban J connectivity index is 1.70. The molecule has 0 heterocycles. The fourth-order valence-electron chi connectivity index (χ4n) is 6.66. The molecule has 0 aromatic rings. The van der Waals surface area contributed by atoms with Gasteiger partial charge in [0.25, 0.3) is 0 Å². The Hall–Kier alpha value is -0.820. The molecule has 3 saturated carbocycles. The number of fused-ring (bicyclic) bond motifs is 1. The van der Waals surface area contributed by atoms with E-state index in [1.807, 2.05) is 0 Å². The standard InChI is InChI=1S/C27H44O/c1-19(2)8-6-9-21(4)25-15-16-26-22(10-7-17-27(25,26)5)12-13-23-18-24(28)14-11-20(23)3/h12-13,19,21,24-26,28H,3,6-11,14-18H2,1-2,4-5H3/b22-12+,23-13+/t21?,24-,25+,26-,27+/m0/s1. The summed E-state index contributed by atoms with van der Waals surface area (Å²) in [6, 6.07) is 0. The highest BCUT2D eigenvalue weighted by molar-refractivity contribution is 5.36. The van der Waals surface area contributed by atoms with Crippen LogP contribution < -0.4 is 0 Å². The number of rotatable bonds is 6. The Kier molecular flexibility index (Phi) is 7.29. The summed E-state index contributed by atoms with van der Waals surface area (Å²) in [4.78, 5) is 0. The molecule has 3 aliphatic carbocycles. The molecule has 0 aromatic heterocycles. The predicted octanol–water partition coefficient (Wildman–Crippen LogP) is 7.62. The molecule has 5 atom stereocenters.